The summed E-state index contributed by atoms with van der Waals surface area (Å²) in [5.41, 5.74) is -0.277. The Balaban J connectivity index is 1.92. The molecular formula is C22H27N6O6+. The van der Waals surface area contributed by atoms with E-state index < -0.39 is 29.0 Å². The highest BCUT2D eigenvalue weighted by Gasteiger charge is 2.55. The van der Waals surface area contributed by atoms with Crippen LogP contribution in [0, 0.1) is 10.1 Å². The summed E-state index contributed by atoms with van der Waals surface area (Å²) >= 11 is 0. The number of aliphatic hydroxyl groups is 1. The van der Waals surface area contributed by atoms with Gasteiger partial charge >= 0.3 is 0 Å². The summed E-state index contributed by atoms with van der Waals surface area (Å²) in [7, 11) is 4.67. The zero-order valence-corrected chi connectivity index (χ0v) is 19.3. The molecule has 0 saturated carbocycles. The lowest BCUT2D eigenvalue weighted by molar-refractivity contribution is -0.923. The van der Waals surface area contributed by atoms with Gasteiger partial charge in [0.15, 0.2) is 11.9 Å². The van der Waals surface area contributed by atoms with Crippen LogP contribution in [-0.2, 0) is 9.47 Å². The van der Waals surface area contributed by atoms with Crippen molar-refractivity contribution in [3.63, 3.8) is 0 Å². The van der Waals surface area contributed by atoms with Gasteiger partial charge in [0.25, 0.3) is 5.69 Å². The summed E-state index contributed by atoms with van der Waals surface area (Å²) in [5, 5.41) is 35.7. The second-order valence-corrected chi connectivity index (χ2v) is 8.43. The number of nitrogens with zero attached hydrogens (tertiary/aromatic N) is 6. The van der Waals surface area contributed by atoms with E-state index in [0.717, 1.165) is 5.69 Å². The Kier molecular flexibility index (Phi) is 6.32. The molecule has 2 aromatic carbocycles. The molecule has 12 heteroatoms. The molecule has 0 spiro atoms. The molecule has 12 nitrogen and oxygen atoms in total. The van der Waals surface area contributed by atoms with Crippen LogP contribution in [-0.4, -0.2) is 67.0 Å². The van der Waals surface area contributed by atoms with Crippen molar-refractivity contribution < 1.29 is 28.9 Å². The standard InChI is InChI=1S/C22H27N6O6/c1-22(21(32-3)33-4)20(29)19(17-12-16(27(30)31)10-11-18(17)34-22)26(15-8-6-5-7-9-15)14-28(2)24-13-23-25-28/h5-13,19-21,29H,14H2,1-4H3/q+1/t19-,20+,22+,28?/m1/s1. The molecule has 0 aliphatic carbocycles. The molecule has 0 bridgehead atoms. The van der Waals surface area contributed by atoms with Gasteiger partial charge in [0.1, 0.15) is 18.9 Å². The van der Waals surface area contributed by atoms with Crippen LogP contribution >= 0.6 is 0 Å². The number of non-ortho nitro benzene ring substituents is 1. The van der Waals surface area contributed by atoms with Gasteiger partial charge in [-0.1, -0.05) is 23.3 Å². The van der Waals surface area contributed by atoms with E-state index in [4.69, 9.17) is 14.2 Å². The quantitative estimate of drug-likeness (QED) is 0.271. The highest BCUT2D eigenvalue weighted by Crippen LogP contribution is 2.47. The smallest absolute Gasteiger partial charge is 0.270 e. The van der Waals surface area contributed by atoms with Gasteiger partial charge in [0, 0.05) is 37.6 Å². The molecule has 1 N–H and O–H groups in total. The van der Waals surface area contributed by atoms with Crippen molar-refractivity contribution in [1.82, 2.24) is 0 Å². The number of aliphatic hydroxyl groups excluding tert-OH is 1. The summed E-state index contributed by atoms with van der Waals surface area (Å²) in [6.45, 7) is 1.86. The van der Waals surface area contributed by atoms with Crippen LogP contribution in [0.25, 0.3) is 0 Å². The molecule has 0 aromatic heterocycles. The number of hydrogen-bond donors (Lipinski definition) is 1. The van der Waals surface area contributed by atoms with Crippen molar-refractivity contribution in [2.45, 2.75) is 31.0 Å². The van der Waals surface area contributed by atoms with Gasteiger partial charge in [0.05, 0.1) is 16.2 Å². The number of benzene rings is 2. The lowest BCUT2D eigenvalue weighted by Crippen LogP contribution is -2.63. The summed E-state index contributed by atoms with van der Waals surface area (Å²) in [6, 6.07) is 12.9. The minimum atomic E-state index is -1.35. The molecule has 0 fully saturated rings. The SMILES string of the molecule is COC(OC)[C@@]1(C)Oc2ccc([N+](=O)[O-])cc2[C@@H](N(C[N+]2(C)N=CN=N2)c2ccccc2)[C@@H]1O. The number of ether oxygens (including phenoxy) is 3. The van der Waals surface area contributed by atoms with Gasteiger partial charge in [-0.25, -0.2) is 0 Å². The first kappa shape index (κ1) is 23.7. The lowest BCUT2D eigenvalue weighted by atomic mass is 9.83. The highest BCUT2D eigenvalue weighted by molar-refractivity contribution is 5.56. The Morgan fingerprint density at radius 3 is 2.56 bits per heavy atom. The van der Waals surface area contributed by atoms with E-state index in [1.807, 2.05) is 35.2 Å². The van der Waals surface area contributed by atoms with Crippen LogP contribution in [0.3, 0.4) is 0 Å². The van der Waals surface area contributed by atoms with Crippen molar-refractivity contribution in [2.75, 3.05) is 32.8 Å². The minimum Gasteiger partial charge on any atom is -0.479 e. The molecule has 2 heterocycles. The molecule has 2 aliphatic rings. The Labute approximate surface area is 196 Å². The third-order valence-corrected chi connectivity index (χ3v) is 6.08. The maximum absolute atomic E-state index is 11.8. The molecular weight excluding hydrogens is 444 g/mol. The number of anilines is 1. The Morgan fingerprint density at radius 2 is 1.97 bits per heavy atom. The van der Waals surface area contributed by atoms with Gasteiger partial charge in [-0.2, -0.15) is 0 Å². The number of nitro groups is 1. The van der Waals surface area contributed by atoms with Crippen molar-refractivity contribution >= 4 is 17.7 Å². The number of rotatable bonds is 8. The van der Waals surface area contributed by atoms with Crippen LogP contribution < -0.4 is 9.64 Å². The van der Waals surface area contributed by atoms with Crippen molar-refractivity contribution in [2.24, 2.45) is 15.4 Å². The number of fused-ring (bicyclic) bond motifs is 1. The summed E-state index contributed by atoms with van der Waals surface area (Å²) < 4.78 is 17.0. The number of para-hydroxylation sites is 1. The highest BCUT2D eigenvalue weighted by atomic mass is 16.7. The van der Waals surface area contributed by atoms with Crippen molar-refractivity contribution in [1.29, 1.82) is 0 Å². The lowest BCUT2D eigenvalue weighted by Gasteiger charge is -2.49. The normalized spacial score (nSPS) is 27.5. The van der Waals surface area contributed by atoms with Crippen LogP contribution in [0.4, 0.5) is 11.4 Å². The first-order valence-corrected chi connectivity index (χ1v) is 10.6. The fourth-order valence-corrected chi connectivity index (χ4v) is 4.44. The van der Waals surface area contributed by atoms with Crippen LogP contribution in [0.2, 0.25) is 0 Å². The summed E-state index contributed by atoms with van der Waals surface area (Å²) in [5.74, 6) is 0.373. The predicted octanol–water partition coefficient (Wildman–Crippen LogP) is 3.00. The topological polar surface area (TPSA) is 131 Å². The second kappa shape index (κ2) is 9.06. The Bertz CT molecular complexity index is 1100. The first-order valence-electron chi connectivity index (χ1n) is 10.6. The second-order valence-electron chi connectivity index (χ2n) is 8.43. The van der Waals surface area contributed by atoms with E-state index in [1.54, 1.807) is 14.0 Å². The molecule has 2 aromatic rings. The average Bonchev–Trinajstić information content (AvgIpc) is 3.26. The summed E-state index contributed by atoms with van der Waals surface area (Å²) in [6.07, 6.45) is -0.805. The van der Waals surface area contributed by atoms with Gasteiger partial charge in [-0.15, -0.1) is 0 Å². The molecule has 0 radical (unpaired) electrons. The fraction of sp³-hybridized carbons (Fsp3) is 0.409. The molecule has 2 aliphatic heterocycles. The predicted molar refractivity (Wildman–Crippen MR) is 122 cm³/mol. The summed E-state index contributed by atoms with van der Waals surface area (Å²) in [4.78, 5) is 13.0. The van der Waals surface area contributed by atoms with Gasteiger partial charge < -0.3 is 24.2 Å². The molecule has 4 rings (SSSR count). The van der Waals surface area contributed by atoms with Crippen LogP contribution in [0.5, 0.6) is 5.75 Å². The van der Waals surface area contributed by atoms with E-state index in [-0.39, 0.29) is 17.1 Å². The maximum atomic E-state index is 11.8. The number of hydrogen-bond acceptors (Lipinski definition) is 10. The number of methoxy groups -OCH3 is 2. The van der Waals surface area contributed by atoms with Crippen molar-refractivity contribution in [3.8, 4) is 5.75 Å². The molecule has 1 unspecified atom stereocenters. The number of nitro benzene ring substituents is 1. The van der Waals surface area contributed by atoms with Gasteiger partial charge in [-0.05, 0) is 34.9 Å². The molecule has 0 saturated heterocycles. The molecule has 34 heavy (non-hydrogen) atoms. The zero-order chi connectivity index (χ0) is 24.5. The largest absolute Gasteiger partial charge is 0.479 e. The van der Waals surface area contributed by atoms with E-state index in [1.165, 1.54) is 38.8 Å². The zero-order valence-electron chi connectivity index (χ0n) is 19.3. The average molecular weight is 471 g/mol. The fourth-order valence-electron chi connectivity index (χ4n) is 4.44. The Morgan fingerprint density at radius 1 is 1.26 bits per heavy atom. The third kappa shape index (κ3) is 4.12. The van der Waals surface area contributed by atoms with Crippen LogP contribution in [0.15, 0.2) is 64.0 Å². The molecule has 180 valence electrons. The van der Waals surface area contributed by atoms with Gasteiger partial charge in [0.2, 0.25) is 13.0 Å². The van der Waals surface area contributed by atoms with E-state index in [9.17, 15) is 15.2 Å². The van der Waals surface area contributed by atoms with Crippen molar-refractivity contribution in [3.05, 3.63) is 64.2 Å². The first-order chi connectivity index (χ1) is 16.2. The monoisotopic (exact) mass is 471 g/mol. The van der Waals surface area contributed by atoms with E-state index >= 15 is 0 Å². The third-order valence-electron chi connectivity index (χ3n) is 6.08. The Hall–Kier alpha value is -3.45. The molecule has 4 atom stereocenters. The minimum absolute atomic E-state index is 0.120. The van der Waals surface area contributed by atoms with E-state index in [2.05, 4.69) is 15.4 Å². The van der Waals surface area contributed by atoms with Crippen LogP contribution in [0.1, 0.15) is 18.5 Å². The number of quaternary nitrogens is 1. The van der Waals surface area contributed by atoms with E-state index in [0.29, 0.717) is 11.3 Å². The maximum Gasteiger partial charge on any atom is 0.270 e. The van der Waals surface area contributed by atoms with Gasteiger partial charge in [-0.3, -0.25) is 10.1 Å². The molecule has 0 amide bonds.